The van der Waals surface area contributed by atoms with Crippen LogP contribution in [0.5, 0.6) is 0 Å². The summed E-state index contributed by atoms with van der Waals surface area (Å²) in [6, 6.07) is 11.4. The van der Waals surface area contributed by atoms with Gasteiger partial charge in [0, 0.05) is 56.3 Å². The van der Waals surface area contributed by atoms with Gasteiger partial charge in [0.1, 0.15) is 6.07 Å². The number of aromatic nitrogens is 5. The van der Waals surface area contributed by atoms with Gasteiger partial charge in [0.15, 0.2) is 5.01 Å². The van der Waals surface area contributed by atoms with Crippen LogP contribution in [0.15, 0.2) is 36.7 Å². The molecule has 37 heavy (non-hydrogen) atoms. The second-order valence-electron chi connectivity index (χ2n) is 9.99. The van der Waals surface area contributed by atoms with Gasteiger partial charge in [-0.15, -0.1) is 10.2 Å². The quantitative estimate of drug-likeness (QED) is 0.414. The Kier molecular flexibility index (Phi) is 5.72. The summed E-state index contributed by atoms with van der Waals surface area (Å²) in [5.41, 5.74) is 5.01. The Morgan fingerprint density at radius 3 is 2.70 bits per heavy atom. The Balaban J connectivity index is 1.24. The minimum absolute atomic E-state index is 0.319. The van der Waals surface area contributed by atoms with Crippen LogP contribution in [-0.4, -0.2) is 69.2 Å². The fourth-order valence-corrected chi connectivity index (χ4v) is 6.49. The maximum atomic E-state index is 9.22. The molecule has 2 atom stereocenters. The fourth-order valence-electron chi connectivity index (χ4n) is 5.61. The molecule has 2 unspecified atom stereocenters. The smallest absolute Gasteiger partial charge is 0.208 e. The third-order valence-corrected chi connectivity index (χ3v) is 8.53. The maximum absolute atomic E-state index is 9.22. The number of pyridine rings is 1. The largest absolute Gasteiger partial charge is 0.381 e. The van der Waals surface area contributed by atoms with Crippen molar-refractivity contribution in [3.8, 4) is 28.0 Å². The molecule has 0 aliphatic carbocycles. The molecule has 3 fully saturated rings. The Labute approximate surface area is 218 Å². The lowest BCUT2D eigenvalue weighted by Crippen LogP contribution is -2.51. The van der Waals surface area contributed by atoms with Crippen molar-refractivity contribution in [1.82, 2.24) is 30.1 Å². The predicted molar refractivity (Wildman–Crippen MR) is 142 cm³/mol. The van der Waals surface area contributed by atoms with E-state index in [1.165, 1.54) is 12.8 Å². The van der Waals surface area contributed by atoms with E-state index in [9.17, 15) is 5.26 Å². The standard InChI is InChI=1S/C26H27N9OS/c27-11-16-9-20-3-4-24(35(20)29-12-16)23-10-22(31-17-5-7-36-8-6-17)21(13-28-23)25-32-33-26(37-25)34-14-18-1-2-19(15-34)30-18/h3-4,9-10,12-13,17-19,30H,1-2,5-8,14-15H2,(H,28,31). The molecule has 3 aliphatic heterocycles. The normalized spacial score (nSPS) is 21.9. The van der Waals surface area contributed by atoms with Crippen LogP contribution < -0.4 is 15.5 Å². The molecule has 0 saturated carbocycles. The topological polar surface area (TPSA) is 116 Å². The minimum atomic E-state index is 0.319. The van der Waals surface area contributed by atoms with Gasteiger partial charge in [0.25, 0.3) is 0 Å². The molecule has 7 rings (SSSR count). The zero-order valence-corrected chi connectivity index (χ0v) is 21.1. The van der Waals surface area contributed by atoms with E-state index in [0.717, 1.165) is 77.4 Å². The molecule has 4 aromatic rings. The van der Waals surface area contributed by atoms with E-state index < -0.39 is 0 Å². The second-order valence-corrected chi connectivity index (χ2v) is 10.9. The highest BCUT2D eigenvalue weighted by molar-refractivity contribution is 7.18. The number of piperazine rings is 1. The van der Waals surface area contributed by atoms with Gasteiger partial charge < -0.3 is 20.3 Å². The summed E-state index contributed by atoms with van der Waals surface area (Å²) in [5, 5.41) is 32.2. The van der Waals surface area contributed by atoms with Gasteiger partial charge in [0.2, 0.25) is 5.13 Å². The number of hydrogen-bond acceptors (Lipinski definition) is 10. The van der Waals surface area contributed by atoms with E-state index in [4.69, 9.17) is 9.72 Å². The van der Waals surface area contributed by atoms with Crippen LogP contribution in [0.25, 0.3) is 27.5 Å². The first-order chi connectivity index (χ1) is 18.2. The Morgan fingerprint density at radius 1 is 1.05 bits per heavy atom. The van der Waals surface area contributed by atoms with Gasteiger partial charge in [-0.25, -0.2) is 4.52 Å². The van der Waals surface area contributed by atoms with Crippen LogP contribution in [0.3, 0.4) is 0 Å². The number of nitrogens with zero attached hydrogens (tertiary/aromatic N) is 7. The van der Waals surface area contributed by atoms with Crippen LogP contribution >= 0.6 is 11.3 Å². The molecule has 3 saturated heterocycles. The van der Waals surface area contributed by atoms with Crippen LogP contribution in [0.4, 0.5) is 10.8 Å². The van der Waals surface area contributed by atoms with Gasteiger partial charge >= 0.3 is 0 Å². The number of ether oxygens (including phenoxy) is 1. The van der Waals surface area contributed by atoms with Crippen molar-refractivity contribution in [3.05, 3.63) is 42.2 Å². The van der Waals surface area contributed by atoms with E-state index in [2.05, 4.69) is 43.0 Å². The summed E-state index contributed by atoms with van der Waals surface area (Å²) < 4.78 is 7.40. The van der Waals surface area contributed by atoms with Crippen LogP contribution in [0, 0.1) is 11.3 Å². The Hall–Kier alpha value is -3.59. The SMILES string of the molecule is N#Cc1cnn2c(-c3cc(NC4CCOCC4)c(-c4nnc(N5CC6CCC(C5)N6)s4)cn3)ccc2c1. The zero-order valence-electron chi connectivity index (χ0n) is 20.3. The number of fused-ring (bicyclic) bond motifs is 3. The first-order valence-corrected chi connectivity index (χ1v) is 13.6. The fraction of sp³-hybridized carbons (Fsp3) is 0.423. The Bertz CT molecular complexity index is 1470. The molecule has 2 bridgehead atoms. The minimum Gasteiger partial charge on any atom is -0.381 e. The van der Waals surface area contributed by atoms with Gasteiger partial charge in [-0.1, -0.05) is 11.3 Å². The summed E-state index contributed by atoms with van der Waals surface area (Å²) in [6.07, 6.45) is 7.85. The van der Waals surface area contributed by atoms with Crippen molar-refractivity contribution in [2.75, 3.05) is 36.5 Å². The predicted octanol–water partition coefficient (Wildman–Crippen LogP) is 3.32. The van der Waals surface area contributed by atoms with Gasteiger partial charge in [0.05, 0.1) is 34.2 Å². The molecule has 0 radical (unpaired) electrons. The lowest BCUT2D eigenvalue weighted by atomic mass is 10.1. The third kappa shape index (κ3) is 4.31. The highest BCUT2D eigenvalue weighted by Crippen LogP contribution is 2.37. The lowest BCUT2D eigenvalue weighted by molar-refractivity contribution is 0.0904. The second kappa shape index (κ2) is 9.37. The van der Waals surface area contributed by atoms with Crippen molar-refractivity contribution in [1.29, 1.82) is 5.26 Å². The van der Waals surface area contributed by atoms with E-state index >= 15 is 0 Å². The lowest BCUT2D eigenvalue weighted by Gasteiger charge is -2.32. The molecule has 3 aliphatic rings. The molecule has 11 heteroatoms. The number of rotatable bonds is 5. The Morgan fingerprint density at radius 2 is 1.89 bits per heavy atom. The van der Waals surface area contributed by atoms with Crippen molar-refractivity contribution < 1.29 is 4.74 Å². The van der Waals surface area contributed by atoms with Crippen molar-refractivity contribution in [3.63, 3.8) is 0 Å². The van der Waals surface area contributed by atoms with Crippen molar-refractivity contribution >= 4 is 27.7 Å². The van der Waals surface area contributed by atoms with E-state index in [-0.39, 0.29) is 0 Å². The number of nitriles is 1. The summed E-state index contributed by atoms with van der Waals surface area (Å²) in [4.78, 5) is 7.20. The molecule has 2 N–H and O–H groups in total. The van der Waals surface area contributed by atoms with E-state index in [1.807, 2.05) is 28.9 Å². The molecule has 0 amide bonds. The van der Waals surface area contributed by atoms with E-state index in [0.29, 0.717) is 23.7 Å². The van der Waals surface area contributed by atoms with Crippen LogP contribution in [0.2, 0.25) is 0 Å². The summed E-state index contributed by atoms with van der Waals surface area (Å²) in [5.74, 6) is 0. The van der Waals surface area contributed by atoms with Gasteiger partial charge in [-0.3, -0.25) is 4.98 Å². The third-order valence-electron chi connectivity index (χ3n) is 7.51. The molecular formula is C26H27N9OS. The van der Waals surface area contributed by atoms with Gasteiger partial charge in [-0.2, -0.15) is 10.4 Å². The van der Waals surface area contributed by atoms with Crippen molar-refractivity contribution in [2.24, 2.45) is 0 Å². The summed E-state index contributed by atoms with van der Waals surface area (Å²) in [7, 11) is 0. The maximum Gasteiger partial charge on any atom is 0.208 e. The number of anilines is 2. The number of hydrogen-bond donors (Lipinski definition) is 2. The molecule has 7 heterocycles. The van der Waals surface area contributed by atoms with Gasteiger partial charge in [-0.05, 0) is 49.9 Å². The molecule has 10 nitrogen and oxygen atoms in total. The highest BCUT2D eigenvalue weighted by atomic mass is 32.1. The van der Waals surface area contributed by atoms with Crippen LogP contribution in [-0.2, 0) is 4.74 Å². The highest BCUT2D eigenvalue weighted by Gasteiger charge is 2.33. The molecule has 4 aromatic heterocycles. The molecule has 0 spiro atoms. The van der Waals surface area contributed by atoms with Crippen molar-refractivity contribution in [2.45, 2.75) is 43.8 Å². The first kappa shape index (κ1) is 22.6. The van der Waals surface area contributed by atoms with E-state index in [1.54, 1.807) is 17.5 Å². The zero-order chi connectivity index (χ0) is 24.8. The molecular weight excluding hydrogens is 486 g/mol. The number of nitrogens with one attached hydrogen (secondary N) is 2. The summed E-state index contributed by atoms with van der Waals surface area (Å²) in [6.45, 7) is 3.48. The summed E-state index contributed by atoms with van der Waals surface area (Å²) >= 11 is 1.63. The average molecular weight is 514 g/mol. The van der Waals surface area contributed by atoms with Crippen LogP contribution in [0.1, 0.15) is 31.2 Å². The first-order valence-electron chi connectivity index (χ1n) is 12.8. The average Bonchev–Trinajstić information content (AvgIpc) is 3.67. The molecule has 0 aromatic carbocycles. The monoisotopic (exact) mass is 513 g/mol. The molecule has 188 valence electrons.